The summed E-state index contributed by atoms with van der Waals surface area (Å²) in [6, 6.07) is 13.3. The van der Waals surface area contributed by atoms with Crippen LogP contribution in [0.2, 0.25) is 5.02 Å². The van der Waals surface area contributed by atoms with Crippen LogP contribution in [0.4, 0.5) is 5.69 Å². The number of nitrogens with zero attached hydrogens (tertiary/aromatic N) is 2. The Morgan fingerprint density at radius 1 is 1.06 bits per heavy atom. The van der Waals surface area contributed by atoms with Gasteiger partial charge in [-0.25, -0.2) is 0 Å². The monoisotopic (exact) mass is 454 g/mol. The summed E-state index contributed by atoms with van der Waals surface area (Å²) in [5.74, 6) is -2.61. The van der Waals surface area contributed by atoms with Crippen LogP contribution in [0.1, 0.15) is 24.5 Å². The van der Waals surface area contributed by atoms with Crippen LogP contribution < -0.4 is 4.90 Å². The molecule has 0 bridgehead atoms. The molecule has 1 N–H and O–H groups in total. The Morgan fingerprint density at radius 2 is 1.75 bits per heavy atom. The van der Waals surface area contributed by atoms with E-state index < -0.39 is 28.9 Å². The maximum absolute atomic E-state index is 14.0. The van der Waals surface area contributed by atoms with Crippen molar-refractivity contribution in [3.8, 4) is 0 Å². The first-order chi connectivity index (χ1) is 15.4. The van der Waals surface area contributed by atoms with Crippen molar-refractivity contribution in [3.63, 3.8) is 0 Å². The van der Waals surface area contributed by atoms with E-state index in [9.17, 15) is 19.5 Å². The summed E-state index contributed by atoms with van der Waals surface area (Å²) in [5.41, 5.74) is -0.605. The van der Waals surface area contributed by atoms with Gasteiger partial charge in [0.15, 0.2) is 5.54 Å². The summed E-state index contributed by atoms with van der Waals surface area (Å²) in [6.45, 7) is 2.49. The molecule has 0 saturated carbocycles. The van der Waals surface area contributed by atoms with Crippen LogP contribution in [0.25, 0.3) is 5.76 Å². The number of fused-ring (bicyclic) bond motifs is 2. The lowest BCUT2D eigenvalue weighted by atomic mass is 9.82. The van der Waals surface area contributed by atoms with E-state index in [-0.39, 0.29) is 24.3 Å². The number of hydrogen-bond donors (Lipinski definition) is 1. The van der Waals surface area contributed by atoms with Crippen molar-refractivity contribution < 1.29 is 24.2 Å². The van der Waals surface area contributed by atoms with Crippen LogP contribution >= 0.6 is 11.6 Å². The second kappa shape index (κ2) is 8.41. The maximum atomic E-state index is 14.0. The molecule has 32 heavy (non-hydrogen) atoms. The Balaban J connectivity index is 2.05. The lowest BCUT2D eigenvalue weighted by molar-refractivity contribution is -0.144. The molecule has 2 aromatic rings. The largest absolute Gasteiger partial charge is 0.507 e. The summed E-state index contributed by atoms with van der Waals surface area (Å²) in [6.07, 6.45) is 0.679. The molecule has 166 valence electrons. The number of rotatable bonds is 6. The zero-order chi connectivity index (χ0) is 23.0. The molecule has 2 aliphatic rings. The van der Waals surface area contributed by atoms with Crippen molar-refractivity contribution in [3.05, 3.63) is 70.3 Å². The number of amides is 2. The number of ketones is 1. The van der Waals surface area contributed by atoms with Crippen molar-refractivity contribution in [2.24, 2.45) is 0 Å². The van der Waals surface area contributed by atoms with Gasteiger partial charge in [-0.15, -0.1) is 0 Å². The number of likely N-dealkylation sites (tertiary alicyclic amines) is 1. The number of aliphatic hydroxyl groups excluding tert-OH is 1. The van der Waals surface area contributed by atoms with Gasteiger partial charge in [-0.3, -0.25) is 14.4 Å². The van der Waals surface area contributed by atoms with Gasteiger partial charge in [0, 0.05) is 36.3 Å². The Bertz CT molecular complexity index is 1130. The highest BCUT2D eigenvalue weighted by Gasteiger charge is 2.66. The van der Waals surface area contributed by atoms with Gasteiger partial charge < -0.3 is 19.6 Å². The molecule has 8 heteroatoms. The molecule has 1 fully saturated rings. The van der Waals surface area contributed by atoms with Crippen molar-refractivity contribution in [2.45, 2.75) is 18.9 Å². The fraction of sp³-hybridized carbons (Fsp3) is 0.292. The average molecular weight is 455 g/mol. The summed E-state index contributed by atoms with van der Waals surface area (Å²) in [7, 11) is 1.48. The van der Waals surface area contributed by atoms with Gasteiger partial charge in [-0.05, 0) is 36.8 Å². The van der Waals surface area contributed by atoms with Crippen LogP contribution in [0.15, 0.2) is 54.1 Å². The number of ether oxygens (including phenoxy) is 1. The number of aliphatic hydroxyl groups is 1. The fourth-order valence-electron chi connectivity index (χ4n) is 4.55. The molecule has 4 rings (SSSR count). The van der Waals surface area contributed by atoms with Gasteiger partial charge in [0.25, 0.3) is 17.6 Å². The molecular weight excluding hydrogens is 432 g/mol. The zero-order valence-electron chi connectivity index (χ0n) is 17.8. The third-order valence-corrected chi connectivity index (χ3v) is 6.15. The van der Waals surface area contributed by atoms with Gasteiger partial charge in [0.1, 0.15) is 5.76 Å². The van der Waals surface area contributed by atoms with Crippen LogP contribution in [0.5, 0.6) is 0 Å². The van der Waals surface area contributed by atoms with Crippen LogP contribution in [-0.4, -0.2) is 54.4 Å². The Kier molecular flexibility index (Phi) is 5.79. The van der Waals surface area contributed by atoms with Gasteiger partial charge in [0.05, 0.1) is 17.9 Å². The minimum atomic E-state index is -1.76. The van der Waals surface area contributed by atoms with E-state index >= 15 is 0 Å². The number of Topliss-reactive ketones (excluding diaryl/α,β-unsaturated/α-hetero) is 1. The van der Waals surface area contributed by atoms with Gasteiger partial charge >= 0.3 is 0 Å². The third kappa shape index (κ3) is 3.04. The molecule has 0 aliphatic carbocycles. The average Bonchev–Trinajstić information content (AvgIpc) is 3.17. The predicted octanol–water partition coefficient (Wildman–Crippen LogP) is 3.32. The quantitative estimate of drug-likeness (QED) is 0.411. The van der Waals surface area contributed by atoms with Crippen molar-refractivity contribution >= 4 is 40.6 Å². The van der Waals surface area contributed by atoms with E-state index in [2.05, 4.69) is 0 Å². The second-order valence-corrected chi connectivity index (χ2v) is 8.13. The molecule has 1 unspecified atom stereocenters. The van der Waals surface area contributed by atoms with E-state index in [1.807, 2.05) is 6.92 Å². The van der Waals surface area contributed by atoms with Gasteiger partial charge in [-0.2, -0.15) is 0 Å². The lowest BCUT2D eigenvalue weighted by Crippen LogP contribution is -2.52. The second-order valence-electron chi connectivity index (χ2n) is 7.69. The van der Waals surface area contributed by atoms with Crippen molar-refractivity contribution in [1.82, 2.24) is 4.90 Å². The first-order valence-electron chi connectivity index (χ1n) is 10.4. The standard InChI is InChI=1S/C24H23ClN2O5/c1-3-12-26-18-7-5-4-6-17(18)24(23(26)31)19(20(28)15-8-10-16(25)11-9-15)21(29)22(30)27(24)13-14-32-2/h4-11,28H,3,12-14H2,1-2H3/b20-19+. The topological polar surface area (TPSA) is 87.2 Å². The van der Waals surface area contributed by atoms with Gasteiger partial charge in [0.2, 0.25) is 0 Å². The summed E-state index contributed by atoms with van der Waals surface area (Å²) < 4.78 is 5.16. The molecular formula is C24H23ClN2O5. The van der Waals surface area contributed by atoms with E-state index in [1.165, 1.54) is 12.0 Å². The first kappa shape index (κ1) is 22.0. The smallest absolute Gasteiger partial charge is 0.296 e. The summed E-state index contributed by atoms with van der Waals surface area (Å²) >= 11 is 5.97. The minimum Gasteiger partial charge on any atom is -0.507 e. The maximum Gasteiger partial charge on any atom is 0.296 e. The number of carbonyl (C=O) groups is 3. The summed E-state index contributed by atoms with van der Waals surface area (Å²) in [4.78, 5) is 43.3. The van der Waals surface area contributed by atoms with E-state index in [1.54, 1.807) is 53.4 Å². The Morgan fingerprint density at radius 3 is 2.41 bits per heavy atom. The minimum absolute atomic E-state index is 0.0124. The number of halogens is 1. The molecule has 7 nitrogen and oxygen atoms in total. The van der Waals surface area contributed by atoms with E-state index in [0.717, 1.165) is 0 Å². The summed E-state index contributed by atoms with van der Waals surface area (Å²) in [5, 5.41) is 11.7. The van der Waals surface area contributed by atoms with Crippen molar-refractivity contribution in [2.75, 3.05) is 31.7 Å². The van der Waals surface area contributed by atoms with Gasteiger partial charge in [-0.1, -0.05) is 36.7 Å². The number of benzene rings is 2. The zero-order valence-corrected chi connectivity index (χ0v) is 18.6. The normalized spacial score (nSPS) is 21.7. The molecule has 2 aliphatic heterocycles. The first-order valence-corrected chi connectivity index (χ1v) is 10.7. The molecule has 1 spiro atoms. The number of hydrogen-bond acceptors (Lipinski definition) is 5. The number of anilines is 1. The van der Waals surface area contributed by atoms with Crippen LogP contribution in [-0.2, 0) is 24.7 Å². The van der Waals surface area contributed by atoms with E-state index in [4.69, 9.17) is 16.3 Å². The highest BCUT2D eigenvalue weighted by molar-refractivity contribution is 6.50. The molecule has 1 atom stereocenters. The molecule has 2 heterocycles. The van der Waals surface area contributed by atoms with Crippen LogP contribution in [0, 0.1) is 0 Å². The Labute approximate surface area is 190 Å². The van der Waals surface area contributed by atoms with Crippen molar-refractivity contribution in [1.29, 1.82) is 0 Å². The fourth-order valence-corrected chi connectivity index (χ4v) is 4.67. The lowest BCUT2D eigenvalue weighted by Gasteiger charge is -2.34. The van der Waals surface area contributed by atoms with Crippen LogP contribution in [0.3, 0.4) is 0 Å². The highest BCUT2D eigenvalue weighted by atomic mass is 35.5. The third-order valence-electron chi connectivity index (χ3n) is 5.89. The highest BCUT2D eigenvalue weighted by Crippen LogP contribution is 2.53. The number of methoxy groups -OCH3 is 1. The number of carbonyl (C=O) groups excluding carboxylic acids is 3. The molecule has 1 saturated heterocycles. The molecule has 2 amide bonds. The molecule has 2 aromatic carbocycles. The number of para-hydroxylation sites is 1. The SMILES string of the molecule is CCCN1C(=O)C2(/C(=C(/O)c3ccc(Cl)cc3)C(=O)C(=O)N2CCOC)c2ccccc21. The molecule has 0 aromatic heterocycles. The predicted molar refractivity (Wildman–Crippen MR) is 120 cm³/mol. The molecule has 0 radical (unpaired) electrons. The Hall–Kier alpha value is -3.16. The van der Waals surface area contributed by atoms with E-state index in [0.29, 0.717) is 29.2 Å².